The minimum Gasteiger partial charge on any atom is -0.481 e. The lowest BCUT2D eigenvalue weighted by Crippen LogP contribution is -2.45. The number of carbonyl (C=O) groups excluding carboxylic acids is 3. The molecule has 1 aromatic heterocycles. The lowest BCUT2D eigenvalue weighted by atomic mass is 9.91. The Morgan fingerprint density at radius 2 is 2.00 bits per heavy atom. The molecule has 43 heavy (non-hydrogen) atoms. The van der Waals surface area contributed by atoms with Crippen molar-refractivity contribution in [1.29, 1.82) is 0 Å². The summed E-state index contributed by atoms with van der Waals surface area (Å²) in [5, 5.41) is 10.6. The predicted molar refractivity (Wildman–Crippen MR) is 158 cm³/mol. The van der Waals surface area contributed by atoms with E-state index in [4.69, 9.17) is 25.5 Å². The zero-order valence-corrected chi connectivity index (χ0v) is 25.6. The number of ketones is 1. The SMILES string of the molecule is CC(C)(C)OC(=O)C[C@H]1CCCCC/C=C\[C@@H]2C[C@@]2(C(=O)O)CC(=O)[C@@H]2C[C@@H](Oc3nc4cc(Cl)ccc4o3)CN2C1=O. The first-order valence-electron chi connectivity index (χ1n) is 15.0. The Kier molecular flexibility index (Phi) is 8.88. The quantitative estimate of drug-likeness (QED) is 0.330. The molecular formula is C32H39ClN2O8. The number of carboxylic acid groups (broad SMARTS) is 1. The number of nitrogens with zero attached hydrogens (tertiary/aromatic N) is 2. The van der Waals surface area contributed by atoms with Crippen molar-refractivity contribution in [2.45, 2.75) is 96.3 Å². The molecule has 1 saturated heterocycles. The number of carbonyl (C=O) groups is 4. The van der Waals surface area contributed by atoms with E-state index in [9.17, 15) is 24.3 Å². The minimum atomic E-state index is -1.17. The number of halogens is 1. The van der Waals surface area contributed by atoms with Crippen molar-refractivity contribution >= 4 is 46.3 Å². The zero-order chi connectivity index (χ0) is 30.9. The first-order valence-corrected chi connectivity index (χ1v) is 15.4. The molecule has 5 rings (SSSR count). The largest absolute Gasteiger partial charge is 0.481 e. The van der Waals surface area contributed by atoms with Gasteiger partial charge < -0.3 is 23.9 Å². The van der Waals surface area contributed by atoms with E-state index in [0.29, 0.717) is 29.0 Å². The van der Waals surface area contributed by atoms with Gasteiger partial charge in [-0.2, -0.15) is 4.98 Å². The number of Topliss-reactive ketones (excluding diaryl/α,β-unsaturated/α-hetero) is 1. The number of hydrogen-bond donors (Lipinski definition) is 1. The number of aromatic nitrogens is 1. The highest BCUT2D eigenvalue weighted by molar-refractivity contribution is 6.31. The van der Waals surface area contributed by atoms with Gasteiger partial charge in [-0.15, -0.1) is 0 Å². The van der Waals surface area contributed by atoms with Crippen LogP contribution in [0, 0.1) is 17.3 Å². The molecule has 1 saturated carbocycles. The Morgan fingerprint density at radius 3 is 2.74 bits per heavy atom. The van der Waals surface area contributed by atoms with Crippen molar-refractivity contribution in [3.05, 3.63) is 35.4 Å². The van der Waals surface area contributed by atoms with E-state index in [1.807, 2.05) is 12.2 Å². The fourth-order valence-electron chi connectivity index (χ4n) is 6.27. The number of benzene rings is 1. The van der Waals surface area contributed by atoms with E-state index in [1.165, 1.54) is 4.90 Å². The first-order chi connectivity index (χ1) is 20.3. The van der Waals surface area contributed by atoms with Gasteiger partial charge in [0.2, 0.25) is 5.91 Å². The third kappa shape index (κ3) is 7.22. The van der Waals surface area contributed by atoms with Crippen LogP contribution in [-0.2, 0) is 23.9 Å². The van der Waals surface area contributed by atoms with Crippen LogP contribution in [0.2, 0.25) is 5.02 Å². The summed E-state index contributed by atoms with van der Waals surface area (Å²) in [4.78, 5) is 59.0. The van der Waals surface area contributed by atoms with E-state index in [-0.39, 0.29) is 49.5 Å². The molecule has 3 heterocycles. The van der Waals surface area contributed by atoms with Crippen molar-refractivity contribution in [2.24, 2.45) is 17.3 Å². The molecule has 2 fully saturated rings. The van der Waals surface area contributed by atoms with Crippen LogP contribution < -0.4 is 4.74 Å². The number of rotatable bonds is 5. The fraction of sp³-hybridized carbons (Fsp3) is 0.594. The van der Waals surface area contributed by atoms with Gasteiger partial charge in [-0.05, 0) is 70.6 Å². The van der Waals surface area contributed by atoms with Crippen LogP contribution in [0.4, 0.5) is 0 Å². The van der Waals surface area contributed by atoms with Crippen LogP contribution in [0.15, 0.2) is 34.8 Å². The molecule has 3 aliphatic rings. The molecular weight excluding hydrogens is 576 g/mol. The number of aliphatic carboxylic acids is 1. The van der Waals surface area contributed by atoms with Gasteiger partial charge in [-0.25, -0.2) is 0 Å². The minimum absolute atomic E-state index is 0.00962. The maximum absolute atomic E-state index is 14.1. The molecule has 0 bridgehead atoms. The molecule has 0 radical (unpaired) electrons. The Morgan fingerprint density at radius 1 is 1.21 bits per heavy atom. The summed E-state index contributed by atoms with van der Waals surface area (Å²) in [6, 6.07) is 4.10. The summed E-state index contributed by atoms with van der Waals surface area (Å²) >= 11 is 6.07. The van der Waals surface area contributed by atoms with Crippen molar-refractivity contribution in [2.75, 3.05) is 6.54 Å². The van der Waals surface area contributed by atoms with E-state index < -0.39 is 41.0 Å². The molecule has 1 aliphatic carbocycles. The number of oxazole rings is 1. The van der Waals surface area contributed by atoms with Gasteiger partial charge in [-0.3, -0.25) is 19.2 Å². The topological polar surface area (TPSA) is 136 Å². The number of carboxylic acids is 1. The van der Waals surface area contributed by atoms with Gasteiger partial charge in [0.25, 0.3) is 0 Å². The average Bonchev–Trinajstić information content (AvgIpc) is 3.23. The van der Waals surface area contributed by atoms with Gasteiger partial charge in [0.05, 0.1) is 24.4 Å². The monoisotopic (exact) mass is 614 g/mol. The van der Waals surface area contributed by atoms with Gasteiger partial charge in [-0.1, -0.05) is 36.6 Å². The lowest BCUT2D eigenvalue weighted by Gasteiger charge is -2.29. The van der Waals surface area contributed by atoms with Gasteiger partial charge in [0, 0.05) is 23.8 Å². The molecule has 0 unspecified atom stereocenters. The number of fused-ring (bicyclic) bond motifs is 3. The molecule has 5 atom stereocenters. The Balaban J connectivity index is 1.42. The van der Waals surface area contributed by atoms with Gasteiger partial charge >= 0.3 is 18.0 Å². The van der Waals surface area contributed by atoms with Crippen LogP contribution in [0.5, 0.6) is 6.08 Å². The Hall–Kier alpha value is -3.40. The molecule has 2 aliphatic heterocycles. The first kappa shape index (κ1) is 31.0. The van der Waals surface area contributed by atoms with Crippen molar-refractivity contribution < 1.29 is 38.2 Å². The fourth-order valence-corrected chi connectivity index (χ4v) is 6.43. The lowest BCUT2D eigenvalue weighted by molar-refractivity contribution is -0.159. The van der Waals surface area contributed by atoms with Crippen LogP contribution in [0.25, 0.3) is 11.1 Å². The van der Waals surface area contributed by atoms with E-state index in [1.54, 1.807) is 39.0 Å². The molecule has 0 spiro atoms. The van der Waals surface area contributed by atoms with Crippen LogP contribution in [0.1, 0.15) is 78.6 Å². The predicted octanol–water partition coefficient (Wildman–Crippen LogP) is 5.75. The number of esters is 1. The van der Waals surface area contributed by atoms with Gasteiger partial charge in [0.15, 0.2) is 11.4 Å². The Bertz CT molecular complexity index is 1430. The molecule has 2 aromatic rings. The van der Waals surface area contributed by atoms with Crippen LogP contribution >= 0.6 is 11.6 Å². The number of ether oxygens (including phenoxy) is 2. The Labute approximate surface area is 255 Å². The van der Waals surface area contributed by atoms with Crippen LogP contribution in [-0.4, -0.2) is 62.9 Å². The summed E-state index contributed by atoms with van der Waals surface area (Å²) in [5.74, 6) is -3.03. The third-order valence-electron chi connectivity index (χ3n) is 8.54. The van der Waals surface area contributed by atoms with Crippen molar-refractivity contribution in [3.8, 4) is 6.08 Å². The molecule has 1 N–H and O–H groups in total. The average molecular weight is 615 g/mol. The third-order valence-corrected chi connectivity index (χ3v) is 8.77. The molecule has 1 aromatic carbocycles. The van der Waals surface area contributed by atoms with Crippen molar-refractivity contribution in [1.82, 2.24) is 9.88 Å². The highest BCUT2D eigenvalue weighted by atomic mass is 35.5. The summed E-state index contributed by atoms with van der Waals surface area (Å²) in [6.07, 6.45) is 7.27. The van der Waals surface area contributed by atoms with E-state index in [0.717, 1.165) is 25.7 Å². The number of amides is 1. The summed E-state index contributed by atoms with van der Waals surface area (Å²) in [5.41, 5.74) is -0.881. The number of hydrogen-bond acceptors (Lipinski definition) is 8. The van der Waals surface area contributed by atoms with Crippen molar-refractivity contribution in [3.63, 3.8) is 0 Å². The van der Waals surface area contributed by atoms with Gasteiger partial charge in [0.1, 0.15) is 17.2 Å². The van der Waals surface area contributed by atoms with E-state index >= 15 is 0 Å². The van der Waals surface area contributed by atoms with Crippen LogP contribution in [0.3, 0.4) is 0 Å². The maximum atomic E-state index is 14.1. The highest BCUT2D eigenvalue weighted by Gasteiger charge is 2.61. The number of allylic oxidation sites excluding steroid dienone is 2. The molecule has 1 amide bonds. The molecule has 10 nitrogen and oxygen atoms in total. The summed E-state index contributed by atoms with van der Waals surface area (Å²) in [6.45, 7) is 5.40. The standard InChI is InChI=1S/C32H39ClN2O8/c1-31(2,3)43-27(37)13-19-9-7-5-4-6-8-10-20-16-32(20,29(39)40)17-25(36)24-15-22(18-35(24)28(19)38)41-30-34-23-14-21(33)11-12-26(23)42-30/h8,10-12,14,19-20,22,24H,4-7,9,13,15-18H2,1-3H3,(H,39,40)/b10-8-/t19-,20-,22-,24+,32-/m1/s1. The smallest absolute Gasteiger partial charge is 0.394 e. The summed E-state index contributed by atoms with van der Waals surface area (Å²) in [7, 11) is 0. The van der Waals surface area contributed by atoms with E-state index in [2.05, 4.69) is 4.98 Å². The second-order valence-electron chi connectivity index (χ2n) is 13.0. The highest BCUT2D eigenvalue weighted by Crippen LogP contribution is 2.57. The molecule has 11 heteroatoms. The maximum Gasteiger partial charge on any atom is 0.394 e. The summed E-state index contributed by atoms with van der Waals surface area (Å²) < 4.78 is 17.3. The zero-order valence-electron chi connectivity index (χ0n) is 24.8. The molecule has 232 valence electrons. The normalized spacial score (nSPS) is 29.3. The second-order valence-corrected chi connectivity index (χ2v) is 13.5. The second kappa shape index (κ2) is 12.3.